The van der Waals surface area contributed by atoms with E-state index in [4.69, 9.17) is 4.74 Å². The first-order chi connectivity index (χ1) is 10.3. The third-order valence-corrected chi connectivity index (χ3v) is 4.99. The molecule has 0 saturated carbocycles. The molecule has 2 aromatic rings. The Morgan fingerprint density at radius 2 is 2.00 bits per heavy atom. The van der Waals surface area contributed by atoms with E-state index in [1.165, 1.54) is 29.5 Å². The van der Waals surface area contributed by atoms with Crippen LogP contribution in [0.2, 0.25) is 0 Å². The Morgan fingerprint density at radius 3 is 2.86 bits per heavy atom. The predicted octanol–water partition coefficient (Wildman–Crippen LogP) is 3.61. The summed E-state index contributed by atoms with van der Waals surface area (Å²) >= 11 is 0. The lowest BCUT2D eigenvalue weighted by molar-refractivity contribution is 0.402. The fourth-order valence-corrected chi connectivity index (χ4v) is 3.82. The maximum Gasteiger partial charge on any atom is 0.119 e. The lowest BCUT2D eigenvalue weighted by Gasteiger charge is -2.36. The first-order valence-corrected chi connectivity index (χ1v) is 7.83. The van der Waals surface area contributed by atoms with Gasteiger partial charge in [-0.1, -0.05) is 30.3 Å². The first kappa shape index (κ1) is 12.9. The molecule has 1 N–H and O–H groups in total. The molecule has 2 heteroatoms. The SMILES string of the molecule is COc1ccc2c(c1)CCNC2CC1Cc2ccccc21. The van der Waals surface area contributed by atoms with Crippen molar-refractivity contribution in [3.8, 4) is 5.75 Å². The molecule has 0 aromatic heterocycles. The van der Waals surface area contributed by atoms with Crippen LogP contribution in [0.15, 0.2) is 42.5 Å². The van der Waals surface area contributed by atoms with Crippen LogP contribution in [0, 0.1) is 0 Å². The van der Waals surface area contributed by atoms with Crippen molar-refractivity contribution in [1.29, 1.82) is 0 Å². The molecule has 21 heavy (non-hydrogen) atoms. The lowest BCUT2D eigenvalue weighted by Crippen LogP contribution is -2.32. The van der Waals surface area contributed by atoms with Crippen molar-refractivity contribution in [3.63, 3.8) is 0 Å². The maximum atomic E-state index is 5.36. The Bertz CT molecular complexity index is 664. The molecular formula is C19H21NO. The standard InChI is InChI=1S/C19H21NO/c1-21-16-6-7-18-14(11-16)8-9-20-19(18)12-15-10-13-4-2-3-5-17(13)15/h2-7,11,15,19-20H,8-10,12H2,1H3. The Balaban J connectivity index is 1.56. The van der Waals surface area contributed by atoms with E-state index >= 15 is 0 Å². The predicted molar refractivity (Wildman–Crippen MR) is 84.9 cm³/mol. The molecule has 0 saturated heterocycles. The molecule has 4 rings (SSSR count). The third-order valence-electron chi connectivity index (χ3n) is 4.99. The van der Waals surface area contributed by atoms with Gasteiger partial charge in [-0.15, -0.1) is 0 Å². The van der Waals surface area contributed by atoms with Crippen molar-refractivity contribution in [2.45, 2.75) is 31.2 Å². The fraction of sp³-hybridized carbons (Fsp3) is 0.368. The number of fused-ring (bicyclic) bond motifs is 2. The highest BCUT2D eigenvalue weighted by Crippen LogP contribution is 2.42. The Kier molecular flexibility index (Phi) is 3.19. The van der Waals surface area contributed by atoms with Crippen LogP contribution in [0.1, 0.15) is 40.6 Å². The van der Waals surface area contributed by atoms with Crippen LogP contribution in [-0.2, 0) is 12.8 Å². The maximum absolute atomic E-state index is 5.36. The third kappa shape index (κ3) is 2.24. The van der Waals surface area contributed by atoms with Crippen LogP contribution in [0.5, 0.6) is 5.75 Å². The fourth-order valence-electron chi connectivity index (χ4n) is 3.82. The molecule has 0 spiro atoms. The molecule has 2 nitrogen and oxygen atoms in total. The molecular weight excluding hydrogens is 258 g/mol. The van der Waals surface area contributed by atoms with Crippen molar-refractivity contribution >= 4 is 0 Å². The van der Waals surface area contributed by atoms with E-state index in [9.17, 15) is 0 Å². The van der Waals surface area contributed by atoms with Gasteiger partial charge in [-0.05, 0) is 66.1 Å². The van der Waals surface area contributed by atoms with Crippen LogP contribution >= 0.6 is 0 Å². The molecule has 2 atom stereocenters. The largest absolute Gasteiger partial charge is 0.497 e. The molecule has 1 aliphatic carbocycles. The number of hydrogen-bond donors (Lipinski definition) is 1. The van der Waals surface area contributed by atoms with Crippen LogP contribution in [-0.4, -0.2) is 13.7 Å². The van der Waals surface area contributed by atoms with Crippen molar-refractivity contribution in [2.24, 2.45) is 0 Å². The number of ether oxygens (including phenoxy) is 1. The smallest absolute Gasteiger partial charge is 0.119 e. The van der Waals surface area contributed by atoms with Crippen LogP contribution < -0.4 is 10.1 Å². The minimum Gasteiger partial charge on any atom is -0.497 e. The zero-order chi connectivity index (χ0) is 14.2. The van der Waals surface area contributed by atoms with Gasteiger partial charge in [0.25, 0.3) is 0 Å². The van der Waals surface area contributed by atoms with Crippen molar-refractivity contribution in [2.75, 3.05) is 13.7 Å². The van der Waals surface area contributed by atoms with Crippen molar-refractivity contribution in [3.05, 3.63) is 64.7 Å². The molecule has 0 fully saturated rings. The number of nitrogens with one attached hydrogen (secondary N) is 1. The van der Waals surface area contributed by atoms with Gasteiger partial charge >= 0.3 is 0 Å². The number of methoxy groups -OCH3 is 1. The van der Waals surface area contributed by atoms with Crippen molar-refractivity contribution in [1.82, 2.24) is 5.32 Å². The highest BCUT2D eigenvalue weighted by atomic mass is 16.5. The summed E-state index contributed by atoms with van der Waals surface area (Å²) in [6, 6.07) is 15.9. The number of hydrogen-bond acceptors (Lipinski definition) is 2. The van der Waals surface area contributed by atoms with Gasteiger partial charge in [-0.2, -0.15) is 0 Å². The Labute approximate surface area is 126 Å². The van der Waals surface area contributed by atoms with Crippen LogP contribution in [0.4, 0.5) is 0 Å². The van der Waals surface area contributed by atoms with E-state index in [0.29, 0.717) is 12.0 Å². The second-order valence-electron chi connectivity index (χ2n) is 6.16. The molecule has 1 heterocycles. The summed E-state index contributed by atoms with van der Waals surface area (Å²) in [5.41, 5.74) is 6.00. The van der Waals surface area contributed by atoms with Gasteiger partial charge in [0.05, 0.1) is 7.11 Å². The normalized spacial score (nSPS) is 22.9. The zero-order valence-corrected chi connectivity index (χ0v) is 12.4. The summed E-state index contributed by atoms with van der Waals surface area (Å²) in [6.07, 6.45) is 3.54. The van der Waals surface area contributed by atoms with Crippen LogP contribution in [0.3, 0.4) is 0 Å². The van der Waals surface area contributed by atoms with Gasteiger partial charge in [0, 0.05) is 6.04 Å². The number of benzene rings is 2. The molecule has 2 unspecified atom stereocenters. The zero-order valence-electron chi connectivity index (χ0n) is 12.4. The van der Waals surface area contributed by atoms with Crippen LogP contribution in [0.25, 0.3) is 0 Å². The van der Waals surface area contributed by atoms with Gasteiger partial charge in [0.2, 0.25) is 0 Å². The summed E-state index contributed by atoms with van der Waals surface area (Å²) in [5, 5.41) is 3.70. The summed E-state index contributed by atoms with van der Waals surface area (Å²) in [6.45, 7) is 1.07. The van der Waals surface area contributed by atoms with E-state index in [1.54, 1.807) is 12.7 Å². The van der Waals surface area contributed by atoms with E-state index < -0.39 is 0 Å². The second-order valence-corrected chi connectivity index (χ2v) is 6.16. The monoisotopic (exact) mass is 279 g/mol. The quantitative estimate of drug-likeness (QED) is 0.926. The van der Waals surface area contributed by atoms with E-state index in [0.717, 1.165) is 18.7 Å². The van der Waals surface area contributed by atoms with E-state index in [2.05, 4.69) is 47.8 Å². The average molecular weight is 279 g/mol. The molecule has 1 aliphatic heterocycles. The van der Waals surface area contributed by atoms with Gasteiger partial charge < -0.3 is 10.1 Å². The van der Waals surface area contributed by atoms with Gasteiger partial charge in [0.15, 0.2) is 0 Å². The Morgan fingerprint density at radius 1 is 1.10 bits per heavy atom. The minimum absolute atomic E-state index is 0.484. The summed E-state index contributed by atoms with van der Waals surface area (Å²) < 4.78 is 5.36. The first-order valence-electron chi connectivity index (χ1n) is 7.83. The topological polar surface area (TPSA) is 21.3 Å². The molecule has 0 radical (unpaired) electrons. The van der Waals surface area contributed by atoms with Gasteiger partial charge in [-0.3, -0.25) is 0 Å². The van der Waals surface area contributed by atoms with Gasteiger partial charge in [-0.25, -0.2) is 0 Å². The van der Waals surface area contributed by atoms with Gasteiger partial charge in [0.1, 0.15) is 5.75 Å². The van der Waals surface area contributed by atoms with E-state index in [1.807, 2.05) is 0 Å². The summed E-state index contributed by atoms with van der Waals surface area (Å²) in [7, 11) is 1.74. The van der Waals surface area contributed by atoms with E-state index in [-0.39, 0.29) is 0 Å². The summed E-state index contributed by atoms with van der Waals surface area (Å²) in [4.78, 5) is 0. The molecule has 108 valence electrons. The Hall–Kier alpha value is -1.80. The molecule has 2 aromatic carbocycles. The number of rotatable bonds is 3. The highest BCUT2D eigenvalue weighted by molar-refractivity contribution is 5.42. The minimum atomic E-state index is 0.484. The second kappa shape index (κ2) is 5.19. The summed E-state index contributed by atoms with van der Waals surface area (Å²) in [5.74, 6) is 1.69. The average Bonchev–Trinajstić information content (AvgIpc) is 2.52. The molecule has 0 bridgehead atoms. The van der Waals surface area contributed by atoms with Crippen molar-refractivity contribution < 1.29 is 4.74 Å². The molecule has 2 aliphatic rings. The molecule has 0 amide bonds. The lowest BCUT2D eigenvalue weighted by atomic mass is 9.73. The highest BCUT2D eigenvalue weighted by Gasteiger charge is 2.30.